The zero-order valence-electron chi connectivity index (χ0n) is 8.43. The van der Waals surface area contributed by atoms with Crippen molar-refractivity contribution < 1.29 is 14.9 Å². The molecule has 1 atom stereocenters. The molecule has 0 aliphatic carbocycles. The molecule has 0 aliphatic heterocycles. The fourth-order valence-electron chi connectivity index (χ4n) is 0.321. The summed E-state index contributed by atoms with van der Waals surface area (Å²) in [6.45, 7) is 1.91. The number of hydrogen-bond donors (Lipinski definition) is 3. The van der Waals surface area contributed by atoms with Gasteiger partial charge in [-0.3, -0.25) is 0 Å². The van der Waals surface area contributed by atoms with Crippen LogP contribution in [0, 0.1) is 0 Å². The lowest BCUT2D eigenvalue weighted by molar-refractivity contribution is 0.110. The minimum atomic E-state index is -0.500. The summed E-state index contributed by atoms with van der Waals surface area (Å²) < 4.78 is 4.97. The second-order valence-electron chi connectivity index (χ2n) is 2.66. The van der Waals surface area contributed by atoms with E-state index in [0.29, 0.717) is 5.17 Å². The monoisotopic (exact) mass is 240 g/mol. The number of nitrogens with zero attached hydrogens (tertiary/aromatic N) is 1. The highest BCUT2D eigenvalue weighted by Gasteiger charge is 2.01. The van der Waals surface area contributed by atoms with Crippen molar-refractivity contribution >= 4 is 34.8 Å². The first-order chi connectivity index (χ1) is 6.27. The number of aliphatic hydroxyl groups excluding tert-OH is 2. The van der Waals surface area contributed by atoms with Gasteiger partial charge < -0.3 is 25.6 Å². The van der Waals surface area contributed by atoms with Crippen molar-refractivity contribution in [3.05, 3.63) is 0 Å². The van der Waals surface area contributed by atoms with E-state index in [2.05, 4.69) is 18.0 Å². The molecule has 0 radical (unpaired) electrons. The van der Waals surface area contributed by atoms with E-state index in [1.165, 1.54) is 0 Å². The molecule has 0 aromatic heterocycles. The normalized spacial score (nSPS) is 10.6. The van der Waals surface area contributed by atoms with Crippen molar-refractivity contribution in [2.75, 3.05) is 20.7 Å². The molecule has 0 rings (SSSR count). The Morgan fingerprint density at radius 1 is 1.50 bits per heavy atom. The van der Waals surface area contributed by atoms with Crippen molar-refractivity contribution in [2.24, 2.45) is 5.73 Å². The minimum absolute atomic E-state index is 0.261. The zero-order chi connectivity index (χ0) is 11.7. The highest BCUT2D eigenvalue weighted by Crippen LogP contribution is 1.88. The molecule has 0 amide bonds. The minimum Gasteiger partial charge on any atom is -0.487 e. The summed E-state index contributed by atoms with van der Waals surface area (Å²) in [6, 6.07) is 0. The van der Waals surface area contributed by atoms with Gasteiger partial charge in [0.25, 0.3) is 10.3 Å². The molecule has 84 valence electrons. The van der Waals surface area contributed by atoms with Crippen LogP contribution in [-0.2, 0) is 4.74 Å². The van der Waals surface area contributed by atoms with Gasteiger partial charge in [0.05, 0.1) is 6.10 Å². The van der Waals surface area contributed by atoms with Gasteiger partial charge in [-0.05, 0) is 31.4 Å². The van der Waals surface area contributed by atoms with Gasteiger partial charge in [-0.25, -0.2) is 0 Å². The maximum atomic E-state index is 8.78. The molecule has 5 nitrogen and oxygen atoms in total. The van der Waals surface area contributed by atoms with Gasteiger partial charge in [0.1, 0.15) is 6.61 Å². The van der Waals surface area contributed by atoms with Crippen molar-refractivity contribution in [1.29, 1.82) is 0 Å². The van der Waals surface area contributed by atoms with Crippen LogP contribution in [0.5, 0.6) is 0 Å². The Hall–Kier alpha value is -0.660. The fraction of sp³-hybridized carbons (Fsp3) is 0.714. The Bertz CT molecular complexity index is 182. The molecule has 1 unspecified atom stereocenters. The number of ether oxygens (including phenoxy) is 1. The van der Waals surface area contributed by atoms with Crippen LogP contribution in [0.25, 0.3) is 0 Å². The van der Waals surface area contributed by atoms with Gasteiger partial charge in [-0.15, -0.1) is 0 Å². The maximum Gasteiger partial charge on any atom is 0.258 e. The van der Waals surface area contributed by atoms with E-state index in [1.807, 2.05) is 0 Å². The summed E-state index contributed by atoms with van der Waals surface area (Å²) in [6.07, 6.45) is -0.460. The average molecular weight is 240 g/mol. The molecule has 0 aliphatic rings. The average Bonchev–Trinajstić information content (AvgIpc) is 1.98. The van der Waals surface area contributed by atoms with Crippen molar-refractivity contribution in [3.8, 4) is 0 Å². The van der Waals surface area contributed by atoms with E-state index in [1.54, 1.807) is 25.9 Å². The lowest BCUT2D eigenvalue weighted by Gasteiger charge is -2.14. The van der Waals surface area contributed by atoms with Gasteiger partial charge in [-0.1, -0.05) is 0 Å². The van der Waals surface area contributed by atoms with Crippen LogP contribution < -0.4 is 5.73 Å². The first kappa shape index (κ1) is 15.8. The molecule has 0 aromatic carbocycles. The Balaban J connectivity index is 0. The molecule has 14 heavy (non-hydrogen) atoms. The van der Waals surface area contributed by atoms with E-state index in [4.69, 9.17) is 27.2 Å². The number of nitrogens with two attached hydrogens (primary N) is 1. The lowest BCUT2D eigenvalue weighted by atomic mass is 10.4. The topological polar surface area (TPSA) is 79.0 Å². The molecule has 0 saturated heterocycles. The summed E-state index contributed by atoms with van der Waals surface area (Å²) in [5.74, 6) is 0. The second-order valence-corrected chi connectivity index (χ2v) is 3.43. The van der Waals surface area contributed by atoms with Crippen LogP contribution in [0.2, 0.25) is 0 Å². The standard InChI is InChI=1S/C6H13NO2S.CH3NOS/c1-5(8)4-9-6(10)7(2)3;2-1(3)4/h5,8H,4H2,1-3H3;(H3,2,3,4). The van der Waals surface area contributed by atoms with E-state index in [9.17, 15) is 0 Å². The first-order valence-electron chi connectivity index (χ1n) is 3.78. The second kappa shape index (κ2) is 8.92. The summed E-state index contributed by atoms with van der Waals surface area (Å²) >= 11 is 8.66. The van der Waals surface area contributed by atoms with Gasteiger partial charge in [-0.2, -0.15) is 0 Å². The van der Waals surface area contributed by atoms with E-state index in [0.717, 1.165) is 0 Å². The Kier molecular flexibility index (Phi) is 10.1. The van der Waals surface area contributed by atoms with Crippen molar-refractivity contribution in [3.63, 3.8) is 0 Å². The van der Waals surface area contributed by atoms with Crippen molar-refractivity contribution in [2.45, 2.75) is 13.0 Å². The molecule has 0 fully saturated rings. The van der Waals surface area contributed by atoms with Gasteiger partial charge in [0.15, 0.2) is 0 Å². The highest BCUT2D eigenvalue weighted by molar-refractivity contribution is 7.80. The highest BCUT2D eigenvalue weighted by atomic mass is 32.1. The van der Waals surface area contributed by atoms with E-state index >= 15 is 0 Å². The van der Waals surface area contributed by atoms with Crippen LogP contribution in [0.1, 0.15) is 6.92 Å². The third-order valence-electron chi connectivity index (χ3n) is 0.813. The predicted octanol–water partition coefficient (Wildman–Crippen LogP) is 0.0183. The summed E-state index contributed by atoms with van der Waals surface area (Å²) in [4.78, 5) is 1.68. The Labute approximate surface area is 94.5 Å². The maximum absolute atomic E-state index is 8.78. The van der Waals surface area contributed by atoms with E-state index in [-0.39, 0.29) is 6.61 Å². The van der Waals surface area contributed by atoms with Gasteiger partial charge in [0, 0.05) is 14.1 Å². The molecule has 4 N–H and O–H groups in total. The predicted molar refractivity (Wildman–Crippen MR) is 63.3 cm³/mol. The molecule has 0 saturated carbocycles. The van der Waals surface area contributed by atoms with Gasteiger partial charge in [0.2, 0.25) is 0 Å². The first-order valence-corrected chi connectivity index (χ1v) is 4.59. The largest absolute Gasteiger partial charge is 0.487 e. The number of thiocarbonyl (C=S) groups is 2. The lowest BCUT2D eigenvalue weighted by Crippen LogP contribution is -2.25. The third kappa shape index (κ3) is 17.4. The fourth-order valence-corrected chi connectivity index (χ4v) is 0.389. The molecule has 0 bridgehead atoms. The molecule has 0 heterocycles. The summed E-state index contributed by atoms with van der Waals surface area (Å²) in [7, 11) is 3.59. The number of hydrogen-bond acceptors (Lipinski definition) is 4. The van der Waals surface area contributed by atoms with Crippen LogP contribution in [0.4, 0.5) is 0 Å². The van der Waals surface area contributed by atoms with E-state index < -0.39 is 11.3 Å². The number of rotatable bonds is 2. The Morgan fingerprint density at radius 3 is 2.07 bits per heavy atom. The molecule has 7 heteroatoms. The van der Waals surface area contributed by atoms with Crippen LogP contribution >= 0.6 is 24.4 Å². The molecular weight excluding hydrogens is 224 g/mol. The van der Waals surface area contributed by atoms with Crippen LogP contribution in [-0.4, -0.2) is 52.3 Å². The summed E-state index contributed by atoms with van der Waals surface area (Å²) in [5.41, 5.74) is 4.40. The van der Waals surface area contributed by atoms with Gasteiger partial charge >= 0.3 is 0 Å². The zero-order valence-corrected chi connectivity index (χ0v) is 10.1. The third-order valence-corrected chi connectivity index (χ3v) is 1.30. The molecular formula is C7H16N2O3S2. The number of aliphatic hydroxyl groups is 2. The molecule has 0 spiro atoms. The van der Waals surface area contributed by atoms with Crippen molar-refractivity contribution in [1.82, 2.24) is 4.90 Å². The quantitative estimate of drug-likeness (QED) is 0.587. The SMILES string of the molecule is CC(O)COC(=S)N(C)C.NC(O)=S. The Morgan fingerprint density at radius 2 is 1.86 bits per heavy atom. The smallest absolute Gasteiger partial charge is 0.258 e. The van der Waals surface area contributed by atoms with Crippen LogP contribution in [0.15, 0.2) is 0 Å². The summed E-state index contributed by atoms with van der Waals surface area (Å²) in [5, 5.41) is 16.2. The van der Waals surface area contributed by atoms with Crippen LogP contribution in [0.3, 0.4) is 0 Å². The molecule has 0 aromatic rings.